The zero-order valence-electron chi connectivity index (χ0n) is 26.7. The van der Waals surface area contributed by atoms with Gasteiger partial charge in [0.05, 0.1) is 5.41 Å². The Hall–Kier alpha value is -5.48. The summed E-state index contributed by atoms with van der Waals surface area (Å²) < 4.78 is 12.5. The minimum atomic E-state index is -0.450. The minimum Gasteiger partial charge on any atom is -0.472 e. The molecule has 0 fully saturated rings. The van der Waals surface area contributed by atoms with Gasteiger partial charge in [-0.25, -0.2) is 0 Å². The van der Waals surface area contributed by atoms with Gasteiger partial charge in [-0.15, -0.1) is 0 Å². The molecule has 0 radical (unpaired) electrons. The molecule has 4 nitrogen and oxygen atoms in total. The lowest BCUT2D eigenvalue weighted by molar-refractivity contribution is 0.287. The molecule has 1 aliphatic carbocycles. The summed E-state index contributed by atoms with van der Waals surface area (Å²) in [4.78, 5) is 4.62. The third-order valence-electron chi connectivity index (χ3n) is 10.3. The molecule has 2 aliphatic heterocycles. The van der Waals surface area contributed by atoms with E-state index < -0.39 is 5.41 Å². The number of fused-ring (bicyclic) bond motifs is 5. The van der Waals surface area contributed by atoms with Gasteiger partial charge in [-0.2, -0.15) is 0 Å². The predicted molar refractivity (Wildman–Crippen MR) is 189 cm³/mol. The first-order valence-electron chi connectivity index (χ1n) is 16.4. The maximum absolute atomic E-state index is 6.23. The minimum absolute atomic E-state index is 0.450. The van der Waals surface area contributed by atoms with Crippen LogP contribution < -0.4 is 19.3 Å². The van der Waals surface area contributed by atoms with Gasteiger partial charge >= 0.3 is 0 Å². The molecule has 0 amide bonds. The van der Waals surface area contributed by atoms with Crippen LogP contribution in [0, 0.1) is 13.8 Å². The Balaban J connectivity index is 1.13. The molecule has 0 atom stereocenters. The van der Waals surface area contributed by atoms with Crippen LogP contribution in [0.1, 0.15) is 44.5 Å². The Morgan fingerprint density at radius 2 is 0.894 bits per heavy atom. The highest BCUT2D eigenvalue weighted by Gasteiger charge is 2.46. The number of nitrogens with zero attached hydrogens (tertiary/aromatic N) is 2. The fourth-order valence-electron chi connectivity index (χ4n) is 8.08. The lowest BCUT2D eigenvalue weighted by Gasteiger charge is -2.36. The van der Waals surface area contributed by atoms with E-state index in [0.29, 0.717) is 13.5 Å². The van der Waals surface area contributed by atoms with Gasteiger partial charge in [0.25, 0.3) is 0 Å². The van der Waals surface area contributed by atoms with Crippen LogP contribution in [0.15, 0.2) is 133 Å². The van der Waals surface area contributed by atoms with E-state index in [1.54, 1.807) is 0 Å². The quantitative estimate of drug-likeness (QED) is 0.198. The van der Waals surface area contributed by atoms with E-state index in [1.807, 2.05) is 0 Å². The molecule has 0 bridgehead atoms. The number of anilines is 2. The van der Waals surface area contributed by atoms with Crippen LogP contribution in [0.2, 0.25) is 0 Å². The van der Waals surface area contributed by atoms with E-state index in [2.05, 4.69) is 157 Å². The van der Waals surface area contributed by atoms with Gasteiger partial charge in [0.2, 0.25) is 0 Å². The standard InChI is InChI=1S/C43H36N2O2/c1-29-9-7-11-31-25-44(27-46-41(29)31)35-21-17-33(18-22-35)43(39-15-5-3-13-37(39)38-14-4-6-16-40(38)43)34-19-23-36(24-20-34)45-26-32-12-8-10-30(2)42(32)47-28-45/h3-24H,25-28H2,1-2H3. The molecule has 0 N–H and O–H groups in total. The zero-order chi connectivity index (χ0) is 31.5. The average Bonchev–Trinajstić information content (AvgIpc) is 3.43. The van der Waals surface area contributed by atoms with E-state index >= 15 is 0 Å². The van der Waals surface area contributed by atoms with Crippen molar-refractivity contribution in [1.82, 2.24) is 0 Å². The molecular weight excluding hydrogens is 576 g/mol. The van der Waals surface area contributed by atoms with Crippen molar-refractivity contribution in [2.45, 2.75) is 32.4 Å². The smallest absolute Gasteiger partial charge is 0.161 e. The Labute approximate surface area is 276 Å². The molecule has 0 aromatic heterocycles. The van der Waals surface area contributed by atoms with Crippen molar-refractivity contribution in [3.63, 3.8) is 0 Å². The Morgan fingerprint density at radius 1 is 0.468 bits per heavy atom. The van der Waals surface area contributed by atoms with E-state index in [-0.39, 0.29) is 0 Å². The second-order valence-corrected chi connectivity index (χ2v) is 13.0. The Kier molecular flexibility index (Phi) is 6.39. The number of rotatable bonds is 4. The molecule has 0 saturated heterocycles. The summed E-state index contributed by atoms with van der Waals surface area (Å²) >= 11 is 0. The molecule has 230 valence electrons. The van der Waals surface area contributed by atoms with E-state index in [9.17, 15) is 0 Å². The van der Waals surface area contributed by atoms with Crippen LogP contribution in [0.25, 0.3) is 11.1 Å². The number of hydrogen-bond donors (Lipinski definition) is 0. The molecule has 0 unspecified atom stereocenters. The summed E-state index contributed by atoms with van der Waals surface area (Å²) in [6.45, 7) is 6.98. The van der Waals surface area contributed by atoms with Crippen molar-refractivity contribution in [2.24, 2.45) is 0 Å². The van der Waals surface area contributed by atoms with Crippen molar-refractivity contribution in [2.75, 3.05) is 23.3 Å². The molecule has 3 aliphatic rings. The van der Waals surface area contributed by atoms with Crippen molar-refractivity contribution in [1.29, 1.82) is 0 Å². The number of aryl methyl sites for hydroxylation is 2. The highest BCUT2D eigenvalue weighted by atomic mass is 16.5. The topological polar surface area (TPSA) is 24.9 Å². The van der Waals surface area contributed by atoms with Crippen molar-refractivity contribution in [3.05, 3.63) is 178 Å². The fraction of sp³-hybridized carbons (Fsp3) is 0.163. The molecule has 0 saturated carbocycles. The molecule has 4 heteroatoms. The van der Waals surface area contributed by atoms with Gasteiger partial charge < -0.3 is 19.3 Å². The van der Waals surface area contributed by atoms with Crippen LogP contribution in [0.5, 0.6) is 11.5 Å². The summed E-state index contributed by atoms with van der Waals surface area (Å²) in [5.74, 6) is 2.05. The van der Waals surface area contributed by atoms with Crippen molar-refractivity contribution < 1.29 is 9.47 Å². The largest absolute Gasteiger partial charge is 0.472 e. The molecule has 47 heavy (non-hydrogen) atoms. The van der Waals surface area contributed by atoms with Crippen LogP contribution in [-0.4, -0.2) is 13.5 Å². The van der Waals surface area contributed by atoms with Gasteiger partial charge in [-0.3, -0.25) is 0 Å². The molecule has 6 aromatic rings. The zero-order valence-corrected chi connectivity index (χ0v) is 26.7. The summed E-state index contributed by atoms with van der Waals surface area (Å²) in [5.41, 5.74) is 14.4. The van der Waals surface area contributed by atoms with Gasteiger partial charge in [0.15, 0.2) is 13.5 Å². The van der Waals surface area contributed by atoms with Crippen LogP contribution in [0.4, 0.5) is 11.4 Å². The summed E-state index contributed by atoms with van der Waals surface area (Å²) in [5, 5.41) is 0. The van der Waals surface area contributed by atoms with Crippen molar-refractivity contribution in [3.8, 4) is 22.6 Å². The summed E-state index contributed by atoms with van der Waals surface area (Å²) in [7, 11) is 0. The predicted octanol–water partition coefficient (Wildman–Crippen LogP) is 9.38. The van der Waals surface area contributed by atoms with Gasteiger partial charge in [0.1, 0.15) is 11.5 Å². The Bertz CT molecular complexity index is 1980. The molecular formula is C43H36N2O2. The number of benzene rings is 6. The van der Waals surface area contributed by atoms with Gasteiger partial charge in [0, 0.05) is 35.6 Å². The number of hydrogen-bond acceptors (Lipinski definition) is 4. The first-order chi connectivity index (χ1) is 23.1. The molecule has 0 spiro atoms. The fourth-order valence-corrected chi connectivity index (χ4v) is 8.08. The van der Waals surface area contributed by atoms with Crippen molar-refractivity contribution >= 4 is 11.4 Å². The maximum Gasteiger partial charge on any atom is 0.161 e. The normalized spacial score (nSPS) is 15.5. The van der Waals surface area contributed by atoms with Crippen LogP contribution in [-0.2, 0) is 18.5 Å². The molecule has 6 aromatic carbocycles. The second-order valence-electron chi connectivity index (χ2n) is 13.0. The summed E-state index contributed by atoms with van der Waals surface area (Å²) in [6.07, 6.45) is 0. The number of ether oxygens (including phenoxy) is 2. The maximum atomic E-state index is 6.23. The lowest BCUT2D eigenvalue weighted by atomic mass is 9.67. The first kappa shape index (κ1) is 27.8. The monoisotopic (exact) mass is 612 g/mol. The summed E-state index contributed by atoms with van der Waals surface area (Å²) in [6, 6.07) is 49.0. The Morgan fingerprint density at radius 3 is 1.34 bits per heavy atom. The SMILES string of the molecule is Cc1cccc2c1OCN(c1ccc(C3(c4ccc(N5COc6c(C)cccc6C5)cc4)c4ccccc4-c4ccccc43)cc1)C2. The molecule has 9 rings (SSSR count). The first-order valence-corrected chi connectivity index (χ1v) is 16.4. The van der Waals surface area contributed by atoms with Gasteiger partial charge in [-0.1, -0.05) is 109 Å². The average molecular weight is 613 g/mol. The number of para-hydroxylation sites is 2. The third kappa shape index (κ3) is 4.28. The van der Waals surface area contributed by atoms with E-state index in [0.717, 1.165) is 36.0 Å². The van der Waals surface area contributed by atoms with Gasteiger partial charge in [-0.05, 0) is 82.6 Å². The lowest BCUT2D eigenvalue weighted by Crippen LogP contribution is -2.33. The van der Waals surface area contributed by atoms with Crippen LogP contribution >= 0.6 is 0 Å². The second kappa shape index (κ2) is 10.8. The third-order valence-corrected chi connectivity index (χ3v) is 10.3. The van der Waals surface area contributed by atoms with E-state index in [1.165, 1.54) is 55.6 Å². The highest BCUT2D eigenvalue weighted by Crippen LogP contribution is 2.56. The van der Waals surface area contributed by atoms with E-state index in [4.69, 9.17) is 9.47 Å². The highest BCUT2D eigenvalue weighted by molar-refractivity contribution is 5.86. The molecule has 2 heterocycles. The van der Waals surface area contributed by atoms with Crippen LogP contribution in [0.3, 0.4) is 0 Å².